The average Bonchev–Trinajstić information content (AvgIpc) is 2.35. The highest BCUT2D eigenvalue weighted by Crippen LogP contribution is 2.25. The van der Waals surface area contributed by atoms with Gasteiger partial charge in [0.2, 0.25) is 0 Å². The van der Waals surface area contributed by atoms with Crippen molar-refractivity contribution in [2.75, 3.05) is 6.61 Å². The van der Waals surface area contributed by atoms with Gasteiger partial charge in [0.25, 0.3) is 5.91 Å². The van der Waals surface area contributed by atoms with Crippen LogP contribution in [0.1, 0.15) is 45.8 Å². The molecule has 0 spiro atoms. The molecule has 0 aliphatic carbocycles. The van der Waals surface area contributed by atoms with E-state index in [1.807, 2.05) is 20.8 Å². The number of halogens is 1. The molecule has 0 saturated heterocycles. The van der Waals surface area contributed by atoms with E-state index in [-0.39, 0.29) is 23.8 Å². The smallest absolute Gasteiger partial charge is 0.258 e. The third kappa shape index (κ3) is 4.81. The molecule has 0 fully saturated rings. The fourth-order valence-electron chi connectivity index (χ4n) is 1.62. The van der Waals surface area contributed by atoms with Crippen LogP contribution in [0.4, 0.5) is 4.39 Å². The minimum Gasteiger partial charge on any atom is -0.483 e. The summed E-state index contributed by atoms with van der Waals surface area (Å²) in [6.07, 6.45) is -0.00166. The van der Waals surface area contributed by atoms with Crippen molar-refractivity contribution in [2.45, 2.75) is 45.8 Å². The van der Waals surface area contributed by atoms with Crippen molar-refractivity contribution in [1.29, 1.82) is 0 Å². The van der Waals surface area contributed by atoms with E-state index in [1.165, 1.54) is 18.2 Å². The van der Waals surface area contributed by atoms with Gasteiger partial charge >= 0.3 is 0 Å². The summed E-state index contributed by atoms with van der Waals surface area (Å²) in [5.41, 5.74) is 0.143. The molecule has 1 aromatic carbocycles. The first kappa shape index (κ1) is 16.4. The number of benzene rings is 1. The Bertz CT molecular complexity index is 472. The lowest BCUT2D eigenvalue weighted by molar-refractivity contribution is -0.124. The van der Waals surface area contributed by atoms with Crippen LogP contribution in [0, 0.1) is 5.82 Å². The van der Waals surface area contributed by atoms with E-state index in [0.717, 1.165) is 6.42 Å². The van der Waals surface area contributed by atoms with E-state index in [4.69, 9.17) is 4.74 Å². The Labute approximate surface area is 119 Å². The topological polar surface area (TPSA) is 58.6 Å². The molecule has 1 amide bonds. The zero-order valence-corrected chi connectivity index (χ0v) is 12.4. The van der Waals surface area contributed by atoms with Crippen LogP contribution in [0.25, 0.3) is 0 Å². The van der Waals surface area contributed by atoms with Crippen molar-refractivity contribution in [3.05, 3.63) is 29.6 Å². The molecular formula is C15H22FNO3. The molecule has 0 heterocycles. The lowest BCUT2D eigenvalue weighted by Gasteiger charge is -2.24. The van der Waals surface area contributed by atoms with Crippen LogP contribution < -0.4 is 10.1 Å². The zero-order valence-electron chi connectivity index (χ0n) is 12.4. The number of aliphatic hydroxyl groups excluding tert-OH is 1. The SMILES string of the molecule is CCC(C)(C)NC(=O)COc1cc(F)ccc1C(C)O. The van der Waals surface area contributed by atoms with E-state index in [1.54, 1.807) is 6.92 Å². The van der Waals surface area contributed by atoms with Gasteiger partial charge in [0, 0.05) is 17.2 Å². The molecule has 0 aromatic heterocycles. The van der Waals surface area contributed by atoms with Crippen LogP contribution >= 0.6 is 0 Å². The predicted molar refractivity (Wildman–Crippen MR) is 75.0 cm³/mol. The average molecular weight is 283 g/mol. The third-order valence-corrected chi connectivity index (χ3v) is 3.15. The first-order chi connectivity index (χ1) is 9.25. The second-order valence-corrected chi connectivity index (χ2v) is 5.43. The maximum atomic E-state index is 13.2. The standard InChI is InChI=1S/C15H22FNO3/c1-5-15(3,4)17-14(19)9-20-13-8-11(16)6-7-12(13)10(2)18/h6-8,10,18H,5,9H2,1-4H3,(H,17,19). The summed E-state index contributed by atoms with van der Waals surface area (Å²) in [5.74, 6) is -0.569. The van der Waals surface area contributed by atoms with Crippen molar-refractivity contribution in [3.8, 4) is 5.75 Å². The van der Waals surface area contributed by atoms with E-state index in [0.29, 0.717) is 5.56 Å². The Morgan fingerprint density at radius 1 is 1.50 bits per heavy atom. The van der Waals surface area contributed by atoms with Gasteiger partial charge in [-0.3, -0.25) is 4.79 Å². The highest BCUT2D eigenvalue weighted by molar-refractivity contribution is 5.78. The summed E-state index contributed by atoms with van der Waals surface area (Å²) < 4.78 is 18.5. The molecule has 1 atom stereocenters. The highest BCUT2D eigenvalue weighted by atomic mass is 19.1. The Hall–Kier alpha value is -1.62. The number of carbonyl (C=O) groups excluding carboxylic acids is 1. The molecule has 0 bridgehead atoms. The van der Waals surface area contributed by atoms with Gasteiger partial charge in [0.15, 0.2) is 6.61 Å². The summed E-state index contributed by atoms with van der Waals surface area (Å²) >= 11 is 0. The van der Waals surface area contributed by atoms with E-state index >= 15 is 0 Å². The first-order valence-electron chi connectivity index (χ1n) is 6.66. The summed E-state index contributed by atoms with van der Waals surface area (Å²) in [6.45, 7) is 7.13. The molecular weight excluding hydrogens is 261 g/mol. The van der Waals surface area contributed by atoms with Crippen LogP contribution in [0.2, 0.25) is 0 Å². The number of carbonyl (C=O) groups is 1. The number of rotatable bonds is 6. The predicted octanol–water partition coefficient (Wildman–Crippen LogP) is 2.56. The number of aliphatic hydroxyl groups is 1. The second kappa shape index (κ2) is 6.70. The van der Waals surface area contributed by atoms with Crippen LogP contribution in [0.5, 0.6) is 5.75 Å². The minimum absolute atomic E-state index is 0.185. The summed E-state index contributed by atoms with van der Waals surface area (Å²) in [4.78, 5) is 11.8. The minimum atomic E-state index is -0.791. The normalized spacial score (nSPS) is 12.9. The lowest BCUT2D eigenvalue weighted by Crippen LogP contribution is -2.44. The monoisotopic (exact) mass is 283 g/mol. The number of ether oxygens (including phenoxy) is 1. The van der Waals surface area contributed by atoms with Gasteiger partial charge in [-0.1, -0.05) is 6.92 Å². The maximum Gasteiger partial charge on any atom is 0.258 e. The fourth-order valence-corrected chi connectivity index (χ4v) is 1.62. The molecule has 4 nitrogen and oxygen atoms in total. The van der Waals surface area contributed by atoms with Crippen LogP contribution in [-0.2, 0) is 4.79 Å². The highest BCUT2D eigenvalue weighted by Gasteiger charge is 2.18. The molecule has 0 saturated carbocycles. The molecule has 0 aliphatic rings. The Morgan fingerprint density at radius 2 is 2.15 bits per heavy atom. The fraction of sp³-hybridized carbons (Fsp3) is 0.533. The number of nitrogens with one attached hydrogen (secondary N) is 1. The van der Waals surface area contributed by atoms with Gasteiger partial charge in [-0.05, 0) is 39.3 Å². The molecule has 2 N–H and O–H groups in total. The van der Waals surface area contributed by atoms with Crippen LogP contribution in [-0.4, -0.2) is 23.2 Å². The molecule has 112 valence electrons. The number of hydrogen-bond donors (Lipinski definition) is 2. The van der Waals surface area contributed by atoms with E-state index in [2.05, 4.69) is 5.32 Å². The van der Waals surface area contributed by atoms with Gasteiger partial charge in [0.1, 0.15) is 11.6 Å². The van der Waals surface area contributed by atoms with E-state index in [9.17, 15) is 14.3 Å². The maximum absolute atomic E-state index is 13.2. The largest absolute Gasteiger partial charge is 0.483 e. The summed E-state index contributed by atoms with van der Waals surface area (Å²) in [5, 5.41) is 12.4. The third-order valence-electron chi connectivity index (χ3n) is 3.15. The number of hydrogen-bond acceptors (Lipinski definition) is 3. The zero-order chi connectivity index (χ0) is 15.3. The number of amides is 1. The molecule has 0 aliphatic heterocycles. The Morgan fingerprint density at radius 3 is 2.70 bits per heavy atom. The van der Waals surface area contributed by atoms with Crippen molar-refractivity contribution in [3.63, 3.8) is 0 Å². The first-order valence-corrected chi connectivity index (χ1v) is 6.66. The van der Waals surface area contributed by atoms with Crippen molar-refractivity contribution < 1.29 is 19.0 Å². The molecule has 20 heavy (non-hydrogen) atoms. The second-order valence-electron chi connectivity index (χ2n) is 5.43. The van der Waals surface area contributed by atoms with Crippen molar-refractivity contribution in [2.24, 2.45) is 0 Å². The van der Waals surface area contributed by atoms with Crippen LogP contribution in [0.3, 0.4) is 0 Å². The lowest BCUT2D eigenvalue weighted by atomic mass is 10.0. The Kier molecular flexibility index (Phi) is 5.51. The molecule has 1 unspecified atom stereocenters. The molecule has 1 rings (SSSR count). The summed E-state index contributed by atoms with van der Waals surface area (Å²) in [7, 11) is 0. The van der Waals surface area contributed by atoms with Crippen molar-refractivity contribution in [1.82, 2.24) is 5.32 Å². The molecule has 0 radical (unpaired) electrons. The van der Waals surface area contributed by atoms with Crippen molar-refractivity contribution >= 4 is 5.91 Å². The van der Waals surface area contributed by atoms with Gasteiger partial charge in [-0.15, -0.1) is 0 Å². The van der Waals surface area contributed by atoms with Gasteiger partial charge in [-0.25, -0.2) is 4.39 Å². The van der Waals surface area contributed by atoms with Gasteiger partial charge in [0.05, 0.1) is 6.10 Å². The molecule has 1 aromatic rings. The van der Waals surface area contributed by atoms with Gasteiger partial charge < -0.3 is 15.2 Å². The molecule has 5 heteroatoms. The summed E-state index contributed by atoms with van der Waals surface area (Å²) in [6, 6.07) is 3.86. The Balaban J connectivity index is 2.70. The van der Waals surface area contributed by atoms with Crippen LogP contribution in [0.15, 0.2) is 18.2 Å². The van der Waals surface area contributed by atoms with E-state index < -0.39 is 11.9 Å². The van der Waals surface area contributed by atoms with Gasteiger partial charge in [-0.2, -0.15) is 0 Å². The quantitative estimate of drug-likeness (QED) is 0.843.